The van der Waals surface area contributed by atoms with Crippen LogP contribution < -0.4 is 0 Å². The highest BCUT2D eigenvalue weighted by molar-refractivity contribution is 5.93. The van der Waals surface area contributed by atoms with Crippen molar-refractivity contribution >= 4 is 10.9 Å². The number of rotatable bonds is 1. The smallest absolute Gasteiger partial charge is 0.116 e. The van der Waals surface area contributed by atoms with Crippen LogP contribution in [0.5, 0.6) is 0 Å². The molecule has 0 atom stereocenters. The Morgan fingerprint density at radius 3 is 2.24 bits per heavy atom. The van der Waals surface area contributed by atoms with Gasteiger partial charge in [0.05, 0.1) is 11.2 Å². The van der Waals surface area contributed by atoms with E-state index in [1.807, 2.05) is 0 Å². The fourth-order valence-electron chi connectivity index (χ4n) is 2.59. The lowest BCUT2D eigenvalue weighted by Gasteiger charge is -2.19. The summed E-state index contributed by atoms with van der Waals surface area (Å²) in [5.41, 5.74) is 5.86. The van der Waals surface area contributed by atoms with Gasteiger partial charge in [0.15, 0.2) is 0 Å². The van der Waals surface area contributed by atoms with Gasteiger partial charge in [0.1, 0.15) is 6.33 Å². The lowest BCUT2D eigenvalue weighted by atomic mass is 9.86. The van der Waals surface area contributed by atoms with Crippen LogP contribution in [0.3, 0.4) is 0 Å². The van der Waals surface area contributed by atoms with Crippen molar-refractivity contribution in [2.24, 2.45) is 0 Å². The molecule has 2 nitrogen and oxygen atoms in total. The van der Waals surface area contributed by atoms with Crippen LogP contribution in [-0.4, -0.2) is 9.97 Å². The van der Waals surface area contributed by atoms with Crippen LogP contribution in [0.4, 0.5) is 0 Å². The van der Waals surface area contributed by atoms with Crippen molar-refractivity contribution in [3.63, 3.8) is 0 Å². The minimum atomic E-state index is 0.170. The highest BCUT2D eigenvalue weighted by Gasteiger charge is 2.14. The first-order chi connectivity index (χ1) is 9.97. The Bertz CT molecular complexity index is 781. The molecule has 0 aliphatic rings. The summed E-state index contributed by atoms with van der Waals surface area (Å²) >= 11 is 0. The maximum Gasteiger partial charge on any atom is 0.116 e. The van der Waals surface area contributed by atoms with Gasteiger partial charge < -0.3 is 0 Å². The SMILES string of the molecule is Cc1cccc2c(-c3ccc(C(C)(C)C)cc3)ncnc12. The van der Waals surface area contributed by atoms with E-state index in [1.165, 1.54) is 11.1 Å². The molecule has 0 amide bonds. The molecule has 0 fully saturated rings. The van der Waals surface area contributed by atoms with Crippen LogP contribution in [0.15, 0.2) is 48.8 Å². The minimum Gasteiger partial charge on any atom is -0.236 e. The third-order valence-electron chi connectivity index (χ3n) is 3.89. The Hall–Kier alpha value is -2.22. The number of fused-ring (bicyclic) bond motifs is 1. The average molecular weight is 276 g/mol. The van der Waals surface area contributed by atoms with Gasteiger partial charge in [0.2, 0.25) is 0 Å². The van der Waals surface area contributed by atoms with Crippen LogP contribution in [0.25, 0.3) is 22.2 Å². The first kappa shape index (κ1) is 13.7. The number of nitrogens with zero attached hydrogens (tertiary/aromatic N) is 2. The summed E-state index contributed by atoms with van der Waals surface area (Å²) in [6.45, 7) is 8.77. The van der Waals surface area contributed by atoms with Crippen LogP contribution >= 0.6 is 0 Å². The molecule has 0 aliphatic heterocycles. The molecule has 0 spiro atoms. The Labute approximate surface area is 125 Å². The molecule has 2 heteroatoms. The summed E-state index contributed by atoms with van der Waals surface area (Å²) in [5.74, 6) is 0. The topological polar surface area (TPSA) is 25.8 Å². The molecule has 0 saturated carbocycles. The Morgan fingerprint density at radius 2 is 1.57 bits per heavy atom. The van der Waals surface area contributed by atoms with Crippen LogP contribution in [-0.2, 0) is 5.41 Å². The summed E-state index contributed by atoms with van der Waals surface area (Å²) in [6, 6.07) is 14.9. The molecule has 0 saturated heterocycles. The first-order valence-electron chi connectivity index (χ1n) is 7.28. The molecule has 0 bridgehead atoms. The predicted octanol–water partition coefficient (Wildman–Crippen LogP) is 4.90. The normalized spacial score (nSPS) is 11.8. The third-order valence-corrected chi connectivity index (χ3v) is 3.89. The zero-order valence-electron chi connectivity index (χ0n) is 13.0. The van der Waals surface area contributed by atoms with Gasteiger partial charge in [0.25, 0.3) is 0 Å². The van der Waals surface area contributed by atoms with E-state index in [4.69, 9.17) is 0 Å². The van der Waals surface area contributed by atoms with E-state index in [0.29, 0.717) is 0 Å². The zero-order valence-corrected chi connectivity index (χ0v) is 13.0. The quantitative estimate of drug-likeness (QED) is 0.631. The van der Waals surface area contributed by atoms with Gasteiger partial charge in [-0.05, 0) is 23.5 Å². The van der Waals surface area contributed by atoms with Gasteiger partial charge in [-0.15, -0.1) is 0 Å². The number of aryl methyl sites for hydroxylation is 1. The van der Waals surface area contributed by atoms with Gasteiger partial charge in [-0.25, -0.2) is 9.97 Å². The van der Waals surface area contributed by atoms with Gasteiger partial charge in [-0.2, -0.15) is 0 Å². The summed E-state index contributed by atoms with van der Waals surface area (Å²) in [4.78, 5) is 8.91. The van der Waals surface area contributed by atoms with Crippen molar-refractivity contribution in [3.8, 4) is 11.3 Å². The van der Waals surface area contributed by atoms with Crippen LogP contribution in [0.2, 0.25) is 0 Å². The standard InChI is InChI=1S/C19H20N2/c1-13-6-5-7-16-17(13)20-12-21-18(16)14-8-10-15(11-9-14)19(2,3)4/h5-12H,1-4H3. The molecule has 0 N–H and O–H groups in total. The molecule has 0 aliphatic carbocycles. The number of hydrogen-bond acceptors (Lipinski definition) is 2. The lowest BCUT2D eigenvalue weighted by molar-refractivity contribution is 0.590. The second-order valence-electron chi connectivity index (χ2n) is 6.52. The van der Waals surface area contributed by atoms with Crippen LogP contribution in [0.1, 0.15) is 31.9 Å². The van der Waals surface area contributed by atoms with Crippen molar-refractivity contribution in [1.29, 1.82) is 0 Å². The maximum atomic E-state index is 4.50. The van der Waals surface area contributed by atoms with Gasteiger partial charge in [-0.3, -0.25) is 0 Å². The molecule has 1 heterocycles. The fourth-order valence-corrected chi connectivity index (χ4v) is 2.59. The Balaban J connectivity index is 2.15. The van der Waals surface area contributed by atoms with E-state index in [2.05, 4.69) is 80.1 Å². The molecule has 3 rings (SSSR count). The Morgan fingerprint density at radius 1 is 0.857 bits per heavy atom. The second-order valence-corrected chi connectivity index (χ2v) is 6.52. The summed E-state index contributed by atoms with van der Waals surface area (Å²) in [6.07, 6.45) is 1.66. The molecule has 0 radical (unpaired) electrons. The Kier molecular flexibility index (Phi) is 3.25. The third kappa shape index (κ3) is 2.54. The van der Waals surface area contributed by atoms with E-state index < -0.39 is 0 Å². The van der Waals surface area contributed by atoms with Crippen molar-refractivity contribution in [2.75, 3.05) is 0 Å². The predicted molar refractivity (Wildman–Crippen MR) is 88.4 cm³/mol. The highest BCUT2D eigenvalue weighted by atomic mass is 14.8. The number of hydrogen-bond donors (Lipinski definition) is 0. The van der Waals surface area contributed by atoms with Gasteiger partial charge >= 0.3 is 0 Å². The molecular formula is C19H20N2. The number of benzene rings is 2. The number of aromatic nitrogens is 2. The molecule has 2 aromatic carbocycles. The molecular weight excluding hydrogens is 256 g/mol. The summed E-state index contributed by atoms with van der Waals surface area (Å²) in [5, 5.41) is 1.11. The molecule has 1 aromatic heterocycles. The van der Waals surface area contributed by atoms with Crippen molar-refractivity contribution in [1.82, 2.24) is 9.97 Å². The number of para-hydroxylation sites is 1. The van der Waals surface area contributed by atoms with Crippen LogP contribution in [0, 0.1) is 6.92 Å². The van der Waals surface area contributed by atoms with E-state index in [0.717, 1.165) is 22.2 Å². The second kappa shape index (κ2) is 4.96. The van der Waals surface area contributed by atoms with Gasteiger partial charge in [-0.1, -0.05) is 63.2 Å². The molecule has 0 unspecified atom stereocenters. The largest absolute Gasteiger partial charge is 0.236 e. The summed E-state index contributed by atoms with van der Waals surface area (Å²) in [7, 11) is 0. The fraction of sp³-hybridized carbons (Fsp3) is 0.263. The van der Waals surface area contributed by atoms with Crippen molar-refractivity contribution < 1.29 is 0 Å². The molecule has 106 valence electrons. The van der Waals surface area contributed by atoms with Gasteiger partial charge in [0, 0.05) is 10.9 Å². The zero-order chi connectivity index (χ0) is 15.0. The highest BCUT2D eigenvalue weighted by Crippen LogP contribution is 2.29. The summed E-state index contributed by atoms with van der Waals surface area (Å²) < 4.78 is 0. The average Bonchev–Trinajstić information content (AvgIpc) is 2.46. The van der Waals surface area contributed by atoms with Crippen molar-refractivity contribution in [2.45, 2.75) is 33.1 Å². The molecule has 3 aromatic rings. The first-order valence-corrected chi connectivity index (χ1v) is 7.28. The lowest BCUT2D eigenvalue weighted by Crippen LogP contribution is -2.10. The van der Waals surface area contributed by atoms with Crippen molar-refractivity contribution in [3.05, 3.63) is 59.9 Å². The monoisotopic (exact) mass is 276 g/mol. The maximum absolute atomic E-state index is 4.50. The van der Waals surface area contributed by atoms with E-state index in [1.54, 1.807) is 6.33 Å². The molecule has 21 heavy (non-hydrogen) atoms. The van der Waals surface area contributed by atoms with E-state index in [9.17, 15) is 0 Å². The minimum absolute atomic E-state index is 0.170. The van der Waals surface area contributed by atoms with E-state index >= 15 is 0 Å². The van der Waals surface area contributed by atoms with E-state index in [-0.39, 0.29) is 5.41 Å².